The van der Waals surface area contributed by atoms with Crippen molar-refractivity contribution in [2.45, 2.75) is 71.4 Å². The molecular weight excluding hydrogens is 448 g/mol. The second-order valence-electron chi connectivity index (χ2n) is 9.71. The largest absolute Gasteiger partial charge is 0.481 e. The van der Waals surface area contributed by atoms with Crippen LogP contribution in [-0.4, -0.2) is 34.8 Å². The van der Waals surface area contributed by atoms with Crippen molar-refractivity contribution in [2.24, 2.45) is 11.1 Å². The van der Waals surface area contributed by atoms with Crippen LogP contribution in [0.3, 0.4) is 0 Å². The summed E-state index contributed by atoms with van der Waals surface area (Å²) in [5.41, 5.74) is 6.80. The summed E-state index contributed by atoms with van der Waals surface area (Å²) in [5.74, 6) is -0.275. The highest BCUT2D eigenvalue weighted by atomic mass is 35.5. The average Bonchev–Trinajstić information content (AvgIpc) is 2.82. The Labute approximate surface area is 207 Å². The van der Waals surface area contributed by atoms with E-state index in [1.165, 1.54) is 43.2 Å². The number of aryl methyl sites for hydroxylation is 1. The Hall–Kier alpha value is -2.37. The topological polar surface area (TPSA) is 62.1 Å². The van der Waals surface area contributed by atoms with E-state index in [9.17, 15) is 4.79 Å². The smallest absolute Gasteiger partial charge is 0.309 e. The van der Waals surface area contributed by atoms with Crippen molar-refractivity contribution >= 4 is 23.3 Å². The number of aliphatic carboxylic acids is 1. The minimum atomic E-state index is -0.726. The van der Waals surface area contributed by atoms with E-state index in [-0.39, 0.29) is 5.92 Å². The van der Waals surface area contributed by atoms with Crippen molar-refractivity contribution in [2.75, 3.05) is 13.1 Å². The number of carbonyl (C=O) groups is 1. The van der Waals surface area contributed by atoms with Gasteiger partial charge in [0.2, 0.25) is 0 Å². The molecule has 1 saturated heterocycles. The van der Waals surface area contributed by atoms with Crippen LogP contribution in [0.4, 0.5) is 0 Å². The molecule has 0 atom stereocenters. The highest BCUT2D eigenvalue weighted by Gasteiger charge is 2.32. The van der Waals surface area contributed by atoms with Gasteiger partial charge in [0.1, 0.15) is 6.61 Å². The third-order valence-corrected chi connectivity index (χ3v) is 7.59. The molecule has 34 heavy (non-hydrogen) atoms. The molecule has 2 aliphatic rings. The van der Waals surface area contributed by atoms with Gasteiger partial charge in [0, 0.05) is 30.2 Å². The molecule has 182 valence electrons. The van der Waals surface area contributed by atoms with E-state index >= 15 is 0 Å². The molecule has 1 N–H and O–H groups in total. The molecule has 2 fully saturated rings. The number of carboxylic acids is 1. The van der Waals surface area contributed by atoms with E-state index in [0.29, 0.717) is 37.2 Å². The third-order valence-electron chi connectivity index (χ3n) is 7.24. The summed E-state index contributed by atoms with van der Waals surface area (Å²) in [4.78, 5) is 18.8. The lowest BCUT2D eigenvalue weighted by Crippen LogP contribution is -2.49. The van der Waals surface area contributed by atoms with Crippen molar-refractivity contribution in [1.82, 2.24) is 4.90 Å². The van der Waals surface area contributed by atoms with Crippen LogP contribution in [0.2, 0.25) is 5.02 Å². The lowest BCUT2D eigenvalue weighted by atomic mass is 9.81. The molecule has 2 aromatic carbocycles. The number of hydrogen-bond donors (Lipinski definition) is 1. The van der Waals surface area contributed by atoms with Crippen molar-refractivity contribution in [3.8, 4) is 0 Å². The summed E-state index contributed by atoms with van der Waals surface area (Å²) in [5, 5.41) is 14.0. The van der Waals surface area contributed by atoms with Crippen LogP contribution in [0.15, 0.2) is 41.6 Å². The Morgan fingerprint density at radius 1 is 1.12 bits per heavy atom. The number of carboxylic acid groups (broad SMARTS) is 1. The van der Waals surface area contributed by atoms with E-state index < -0.39 is 5.97 Å². The SMILES string of the molecule is CCc1cc(CON=C(C)c2ccc(CN3CC(C(=O)O)C3)c(Cl)c2)ccc1C1CCCCC1. The lowest BCUT2D eigenvalue weighted by molar-refractivity contribution is -0.147. The van der Waals surface area contributed by atoms with Gasteiger partial charge >= 0.3 is 5.97 Å². The van der Waals surface area contributed by atoms with Gasteiger partial charge in [-0.3, -0.25) is 9.69 Å². The molecule has 1 saturated carbocycles. The Morgan fingerprint density at radius 2 is 1.88 bits per heavy atom. The van der Waals surface area contributed by atoms with Crippen molar-refractivity contribution in [3.63, 3.8) is 0 Å². The molecule has 4 rings (SSSR count). The minimum absolute atomic E-state index is 0.263. The molecular formula is C28H35ClN2O3. The van der Waals surface area contributed by atoms with E-state index in [4.69, 9.17) is 21.5 Å². The molecule has 1 aliphatic carbocycles. The van der Waals surface area contributed by atoms with Crippen LogP contribution in [0.1, 0.15) is 79.7 Å². The maximum Gasteiger partial charge on any atom is 0.309 e. The molecule has 2 aromatic rings. The normalized spacial score (nSPS) is 18.0. The molecule has 0 unspecified atom stereocenters. The van der Waals surface area contributed by atoms with Crippen LogP contribution >= 0.6 is 11.6 Å². The van der Waals surface area contributed by atoms with Gasteiger partial charge in [-0.2, -0.15) is 0 Å². The molecule has 1 aliphatic heterocycles. The monoisotopic (exact) mass is 482 g/mol. The summed E-state index contributed by atoms with van der Waals surface area (Å²) < 4.78 is 0. The zero-order chi connectivity index (χ0) is 24.1. The van der Waals surface area contributed by atoms with Crippen LogP contribution < -0.4 is 0 Å². The van der Waals surface area contributed by atoms with E-state index in [0.717, 1.165) is 28.8 Å². The number of benzene rings is 2. The number of hydrogen-bond acceptors (Lipinski definition) is 4. The number of oxime groups is 1. The van der Waals surface area contributed by atoms with Crippen molar-refractivity contribution < 1.29 is 14.7 Å². The Balaban J connectivity index is 1.33. The zero-order valence-electron chi connectivity index (χ0n) is 20.2. The molecule has 0 amide bonds. The molecule has 0 spiro atoms. The summed E-state index contributed by atoms with van der Waals surface area (Å²) in [6.07, 6.45) is 7.74. The van der Waals surface area contributed by atoms with E-state index in [2.05, 4.69) is 35.2 Å². The molecule has 0 aromatic heterocycles. The first kappa shape index (κ1) is 24.7. The summed E-state index contributed by atoms with van der Waals surface area (Å²) in [7, 11) is 0. The Bertz CT molecular complexity index is 1040. The van der Waals surface area contributed by atoms with Crippen LogP contribution in [0, 0.1) is 5.92 Å². The number of rotatable bonds is 9. The molecule has 0 radical (unpaired) electrons. The molecule has 0 bridgehead atoms. The average molecular weight is 483 g/mol. The molecule has 1 heterocycles. The van der Waals surface area contributed by atoms with Gasteiger partial charge in [0.15, 0.2) is 0 Å². The maximum absolute atomic E-state index is 11.0. The first-order chi connectivity index (χ1) is 16.4. The number of halogens is 1. The van der Waals surface area contributed by atoms with E-state index in [1.807, 2.05) is 25.1 Å². The van der Waals surface area contributed by atoms with Gasteiger partial charge in [-0.15, -0.1) is 0 Å². The minimum Gasteiger partial charge on any atom is -0.481 e. The Morgan fingerprint density at radius 3 is 2.56 bits per heavy atom. The fraction of sp³-hybridized carbons (Fsp3) is 0.500. The predicted octanol–water partition coefficient (Wildman–Crippen LogP) is 6.41. The molecule has 6 heteroatoms. The van der Waals surface area contributed by atoms with Gasteiger partial charge in [0.05, 0.1) is 11.6 Å². The van der Waals surface area contributed by atoms with Gasteiger partial charge in [-0.1, -0.05) is 73.3 Å². The fourth-order valence-corrected chi connectivity index (χ4v) is 5.36. The van der Waals surface area contributed by atoms with Crippen molar-refractivity contribution in [1.29, 1.82) is 0 Å². The first-order valence-electron chi connectivity index (χ1n) is 12.5. The van der Waals surface area contributed by atoms with Gasteiger partial charge in [-0.05, 0) is 60.4 Å². The van der Waals surface area contributed by atoms with Crippen molar-refractivity contribution in [3.05, 3.63) is 69.2 Å². The lowest BCUT2D eigenvalue weighted by Gasteiger charge is -2.36. The van der Waals surface area contributed by atoms with Gasteiger partial charge < -0.3 is 9.94 Å². The predicted molar refractivity (Wildman–Crippen MR) is 137 cm³/mol. The summed E-state index contributed by atoms with van der Waals surface area (Å²) in [6.45, 7) is 6.40. The van der Waals surface area contributed by atoms with Crippen LogP contribution in [-0.2, 0) is 29.2 Å². The summed E-state index contributed by atoms with van der Waals surface area (Å²) in [6, 6.07) is 12.7. The van der Waals surface area contributed by atoms with Gasteiger partial charge in [0.25, 0.3) is 0 Å². The van der Waals surface area contributed by atoms with Gasteiger partial charge in [-0.25, -0.2) is 0 Å². The second-order valence-corrected chi connectivity index (χ2v) is 10.1. The van der Waals surface area contributed by atoms with Crippen LogP contribution in [0.25, 0.3) is 0 Å². The number of nitrogens with zero attached hydrogens (tertiary/aromatic N) is 2. The fourth-order valence-electron chi connectivity index (χ4n) is 5.12. The van der Waals surface area contributed by atoms with E-state index in [1.54, 1.807) is 0 Å². The molecule has 5 nitrogen and oxygen atoms in total. The quantitative estimate of drug-likeness (QED) is 0.331. The first-order valence-corrected chi connectivity index (χ1v) is 12.8. The van der Waals surface area contributed by atoms with Crippen LogP contribution in [0.5, 0.6) is 0 Å². The second kappa shape index (κ2) is 11.4. The zero-order valence-corrected chi connectivity index (χ0v) is 21.0. The Kier molecular flexibility index (Phi) is 8.28. The highest BCUT2D eigenvalue weighted by Crippen LogP contribution is 2.35. The maximum atomic E-state index is 11.0. The summed E-state index contributed by atoms with van der Waals surface area (Å²) >= 11 is 6.50. The highest BCUT2D eigenvalue weighted by molar-refractivity contribution is 6.31. The third kappa shape index (κ3) is 6.00. The standard InChI is InChI=1S/C28H35ClN2O3/c1-3-21-13-20(9-12-26(21)22-7-5-4-6-8-22)18-34-30-19(2)23-10-11-24(27(29)14-23)15-31-16-25(17-31)28(32)33/h9-14,22,25H,3-8,15-18H2,1-2H3,(H,32,33). The number of likely N-dealkylation sites (tertiary alicyclic amines) is 1.